The van der Waals surface area contributed by atoms with Crippen LogP contribution in [0, 0.1) is 0 Å². The Bertz CT molecular complexity index is 1230. The van der Waals surface area contributed by atoms with Crippen molar-refractivity contribution in [3.8, 4) is 22.5 Å². The van der Waals surface area contributed by atoms with Crippen molar-refractivity contribution in [2.24, 2.45) is 5.73 Å². The Labute approximate surface area is 176 Å². The summed E-state index contributed by atoms with van der Waals surface area (Å²) in [5.41, 5.74) is 7.76. The van der Waals surface area contributed by atoms with Crippen LogP contribution in [0.15, 0.2) is 64.8 Å². The molecule has 0 spiro atoms. The summed E-state index contributed by atoms with van der Waals surface area (Å²) in [7, 11) is 0. The number of rotatable bonds is 6. The summed E-state index contributed by atoms with van der Waals surface area (Å²) in [5.74, 6) is 0.211. The fourth-order valence-corrected chi connectivity index (χ4v) is 4.36. The maximum Gasteiger partial charge on any atom is 0.263 e. The molecule has 0 aliphatic heterocycles. The van der Waals surface area contributed by atoms with Gasteiger partial charge in [0.15, 0.2) is 0 Å². The summed E-state index contributed by atoms with van der Waals surface area (Å²) < 4.78 is 1.65. The number of halogens is 1. The molecule has 2 aromatic carbocycles. The molecule has 0 bridgehead atoms. The number of amides is 1. The van der Waals surface area contributed by atoms with E-state index < -0.39 is 0 Å². The second-order valence-electron chi connectivity index (χ2n) is 6.66. The number of carbonyl (C=O) groups excluding carboxylic acids is 1. The summed E-state index contributed by atoms with van der Waals surface area (Å²) in [4.78, 5) is 30.2. The van der Waals surface area contributed by atoms with E-state index in [1.165, 1.54) is 11.3 Å². The fourth-order valence-electron chi connectivity index (χ4n) is 3.29. The van der Waals surface area contributed by atoms with Gasteiger partial charge in [-0.1, -0.05) is 54.1 Å². The van der Waals surface area contributed by atoms with Gasteiger partial charge < -0.3 is 5.73 Å². The molecule has 0 aliphatic rings. The quantitative estimate of drug-likeness (QED) is 0.487. The highest BCUT2D eigenvalue weighted by atomic mass is 35.5. The first kappa shape index (κ1) is 19.4. The van der Waals surface area contributed by atoms with Gasteiger partial charge in [-0.2, -0.15) is 0 Å². The van der Waals surface area contributed by atoms with Crippen LogP contribution in [-0.4, -0.2) is 15.5 Å². The van der Waals surface area contributed by atoms with Gasteiger partial charge in [-0.25, -0.2) is 4.98 Å². The summed E-state index contributed by atoms with van der Waals surface area (Å²) in [5, 5.41) is 3.17. The first-order chi connectivity index (χ1) is 14.0. The molecule has 0 saturated carbocycles. The Kier molecular flexibility index (Phi) is 5.47. The minimum atomic E-state index is -0.384. The van der Waals surface area contributed by atoms with Gasteiger partial charge in [0.25, 0.3) is 5.56 Å². The first-order valence-corrected chi connectivity index (χ1v) is 10.4. The molecule has 0 atom stereocenters. The zero-order chi connectivity index (χ0) is 20.4. The number of benzene rings is 2. The SMILES string of the molecule is NC(=O)CCCn1c(-c2ccccc2)nc2scc(-c3ccc(Cl)cc3)c2c1=O. The summed E-state index contributed by atoms with van der Waals surface area (Å²) in [6.07, 6.45) is 0.690. The molecule has 4 rings (SSSR count). The topological polar surface area (TPSA) is 78.0 Å². The second-order valence-corrected chi connectivity index (χ2v) is 7.96. The Morgan fingerprint density at radius 1 is 1.07 bits per heavy atom. The standard InChI is InChI=1S/C22H18ClN3O2S/c23-16-10-8-14(9-11-16)17-13-29-21-19(17)22(28)26(12-4-7-18(24)27)20(25-21)15-5-2-1-3-6-15/h1-3,5-6,8-11,13H,4,7,12H2,(H2,24,27). The molecule has 2 aromatic heterocycles. The number of fused-ring (bicyclic) bond motifs is 1. The van der Waals surface area contributed by atoms with Crippen molar-refractivity contribution >= 4 is 39.1 Å². The van der Waals surface area contributed by atoms with E-state index in [9.17, 15) is 9.59 Å². The average molecular weight is 424 g/mol. The third-order valence-electron chi connectivity index (χ3n) is 4.69. The van der Waals surface area contributed by atoms with Crippen molar-refractivity contribution < 1.29 is 4.79 Å². The highest BCUT2D eigenvalue weighted by Crippen LogP contribution is 2.33. The molecular weight excluding hydrogens is 406 g/mol. The van der Waals surface area contributed by atoms with Crippen molar-refractivity contribution in [1.82, 2.24) is 9.55 Å². The number of nitrogens with two attached hydrogens (primary N) is 1. The summed E-state index contributed by atoms with van der Waals surface area (Å²) in [6.45, 7) is 0.366. The molecule has 0 saturated heterocycles. The van der Waals surface area contributed by atoms with E-state index in [0.29, 0.717) is 34.0 Å². The molecule has 0 radical (unpaired) electrons. The minimum absolute atomic E-state index is 0.121. The molecule has 0 unspecified atom stereocenters. The van der Waals surface area contributed by atoms with E-state index in [1.807, 2.05) is 47.8 Å². The molecule has 1 amide bonds. The lowest BCUT2D eigenvalue weighted by molar-refractivity contribution is -0.118. The van der Waals surface area contributed by atoms with Crippen LogP contribution in [0.2, 0.25) is 5.02 Å². The number of nitrogens with zero attached hydrogens (tertiary/aromatic N) is 2. The molecule has 29 heavy (non-hydrogen) atoms. The monoisotopic (exact) mass is 423 g/mol. The summed E-state index contributed by atoms with van der Waals surface area (Å²) >= 11 is 7.45. The van der Waals surface area contributed by atoms with Crippen molar-refractivity contribution in [2.45, 2.75) is 19.4 Å². The largest absolute Gasteiger partial charge is 0.370 e. The molecule has 2 heterocycles. The normalized spacial score (nSPS) is 11.1. The van der Waals surface area contributed by atoms with Gasteiger partial charge in [0.05, 0.1) is 5.39 Å². The number of thiophene rings is 1. The molecule has 2 N–H and O–H groups in total. The number of aromatic nitrogens is 2. The van der Waals surface area contributed by atoms with Gasteiger partial charge in [-0.15, -0.1) is 11.3 Å². The second kappa shape index (κ2) is 8.19. The minimum Gasteiger partial charge on any atom is -0.370 e. The van der Waals surface area contributed by atoms with Crippen LogP contribution in [0.25, 0.3) is 32.7 Å². The van der Waals surface area contributed by atoms with E-state index in [-0.39, 0.29) is 17.9 Å². The smallest absolute Gasteiger partial charge is 0.263 e. The van der Waals surface area contributed by atoms with Crippen LogP contribution in [-0.2, 0) is 11.3 Å². The first-order valence-electron chi connectivity index (χ1n) is 9.16. The van der Waals surface area contributed by atoms with Crippen molar-refractivity contribution in [3.05, 3.63) is 75.4 Å². The van der Waals surface area contributed by atoms with Crippen molar-refractivity contribution in [2.75, 3.05) is 0 Å². The van der Waals surface area contributed by atoms with E-state index in [0.717, 1.165) is 16.7 Å². The van der Waals surface area contributed by atoms with E-state index in [2.05, 4.69) is 0 Å². The van der Waals surface area contributed by atoms with Gasteiger partial charge in [0.2, 0.25) is 5.91 Å². The number of hydrogen-bond donors (Lipinski definition) is 1. The van der Waals surface area contributed by atoms with Gasteiger partial charge in [0.1, 0.15) is 10.7 Å². The Balaban J connectivity index is 1.90. The van der Waals surface area contributed by atoms with Crippen LogP contribution in [0.1, 0.15) is 12.8 Å². The van der Waals surface area contributed by atoms with Crippen LogP contribution < -0.4 is 11.3 Å². The zero-order valence-electron chi connectivity index (χ0n) is 15.5. The predicted molar refractivity (Wildman–Crippen MR) is 118 cm³/mol. The number of carbonyl (C=O) groups is 1. The molecule has 146 valence electrons. The van der Waals surface area contributed by atoms with E-state index in [1.54, 1.807) is 16.7 Å². The number of hydrogen-bond acceptors (Lipinski definition) is 4. The average Bonchev–Trinajstić information content (AvgIpc) is 3.15. The third-order valence-corrected chi connectivity index (χ3v) is 5.81. The van der Waals surface area contributed by atoms with Gasteiger partial charge >= 0.3 is 0 Å². The van der Waals surface area contributed by atoms with Crippen LogP contribution >= 0.6 is 22.9 Å². The Hall–Kier alpha value is -2.96. The molecular formula is C22H18ClN3O2S. The molecule has 4 aromatic rings. The number of primary amides is 1. The van der Waals surface area contributed by atoms with E-state index >= 15 is 0 Å². The maximum absolute atomic E-state index is 13.5. The highest BCUT2D eigenvalue weighted by Gasteiger charge is 2.18. The predicted octanol–water partition coefficient (Wildman–Crippen LogP) is 4.71. The van der Waals surface area contributed by atoms with E-state index in [4.69, 9.17) is 22.3 Å². The van der Waals surface area contributed by atoms with Crippen molar-refractivity contribution in [1.29, 1.82) is 0 Å². The van der Waals surface area contributed by atoms with Gasteiger partial charge in [-0.3, -0.25) is 14.2 Å². The lowest BCUT2D eigenvalue weighted by Gasteiger charge is -2.13. The third kappa shape index (κ3) is 3.95. The molecule has 7 heteroatoms. The molecule has 0 fully saturated rings. The molecule has 0 aliphatic carbocycles. The van der Waals surface area contributed by atoms with Gasteiger partial charge in [0, 0.05) is 34.5 Å². The van der Waals surface area contributed by atoms with Gasteiger partial charge in [-0.05, 0) is 24.1 Å². The Morgan fingerprint density at radius 3 is 2.48 bits per heavy atom. The molecule has 5 nitrogen and oxygen atoms in total. The van der Waals surface area contributed by atoms with Crippen LogP contribution in [0.5, 0.6) is 0 Å². The summed E-state index contributed by atoms with van der Waals surface area (Å²) in [6, 6.07) is 17.0. The maximum atomic E-state index is 13.5. The zero-order valence-corrected chi connectivity index (χ0v) is 17.0. The van der Waals surface area contributed by atoms with Crippen LogP contribution in [0.3, 0.4) is 0 Å². The highest BCUT2D eigenvalue weighted by molar-refractivity contribution is 7.17. The fraction of sp³-hybridized carbons (Fsp3) is 0.136. The van der Waals surface area contributed by atoms with Crippen molar-refractivity contribution in [3.63, 3.8) is 0 Å². The Morgan fingerprint density at radius 2 is 1.79 bits per heavy atom. The lowest BCUT2D eigenvalue weighted by atomic mass is 10.1. The van der Waals surface area contributed by atoms with Crippen LogP contribution in [0.4, 0.5) is 0 Å². The lowest BCUT2D eigenvalue weighted by Crippen LogP contribution is -2.24.